The molecule has 2 fully saturated rings. The molecular weight excluding hydrogens is 959 g/mol. The molecule has 4 aromatic carbocycles. The van der Waals surface area contributed by atoms with Crippen LogP contribution in [0.5, 0.6) is 0 Å². The molecule has 76 heavy (non-hydrogen) atoms. The second-order valence-corrected chi connectivity index (χ2v) is 22.0. The Balaban J connectivity index is 0.000000162. The van der Waals surface area contributed by atoms with Crippen LogP contribution in [0.2, 0.25) is 0 Å². The van der Waals surface area contributed by atoms with Gasteiger partial charge in [0.15, 0.2) is 0 Å². The summed E-state index contributed by atoms with van der Waals surface area (Å²) in [5.41, 5.74) is 12.4. The van der Waals surface area contributed by atoms with E-state index in [-0.39, 0.29) is 35.6 Å². The standard InChI is InChI=1S/2C32H33FN2O3/c2*1-19-18-38-20(2)29(19)22-15-28-30(34-17-22)25-10-9-23(32(3,4)36)16-27(25)35(28)31(21-11-13-37-14-12-21)24-7-5-6-8-26(24)33/h2*5-10,15-18,21,31,36H,11-14H2,1-4H3. The smallest absolute Gasteiger partial charge is 0.128 e. The van der Waals surface area contributed by atoms with E-state index in [0.717, 1.165) is 126 Å². The van der Waals surface area contributed by atoms with Crippen LogP contribution in [0.4, 0.5) is 8.78 Å². The highest BCUT2D eigenvalue weighted by Crippen LogP contribution is 2.46. The Kier molecular flexibility index (Phi) is 13.6. The lowest BCUT2D eigenvalue weighted by Gasteiger charge is -2.33. The summed E-state index contributed by atoms with van der Waals surface area (Å²) in [4.78, 5) is 9.92. The van der Waals surface area contributed by atoms with Gasteiger partial charge in [0.05, 0.1) is 68.9 Å². The molecule has 0 saturated carbocycles. The normalized spacial score (nSPS) is 15.9. The zero-order valence-electron chi connectivity index (χ0n) is 44.6. The predicted octanol–water partition coefficient (Wildman–Crippen LogP) is 14.9. The first-order valence-electron chi connectivity index (χ1n) is 26.6. The predicted molar refractivity (Wildman–Crippen MR) is 295 cm³/mol. The van der Waals surface area contributed by atoms with Crippen molar-refractivity contribution >= 4 is 43.9 Å². The van der Waals surface area contributed by atoms with Gasteiger partial charge in [-0.1, -0.05) is 60.7 Å². The fourth-order valence-corrected chi connectivity index (χ4v) is 12.2. The number of ether oxygens (including phenoxy) is 2. The van der Waals surface area contributed by atoms with Gasteiger partial charge < -0.3 is 37.7 Å². The Labute approximate surface area is 441 Å². The Hall–Kier alpha value is -6.96. The molecule has 0 aliphatic carbocycles. The van der Waals surface area contributed by atoms with E-state index in [1.807, 2.05) is 101 Å². The van der Waals surface area contributed by atoms with Crippen LogP contribution in [0.1, 0.15) is 110 Å². The van der Waals surface area contributed by atoms with Crippen LogP contribution in [0.25, 0.3) is 66.1 Å². The number of rotatable bonds is 10. The number of fused-ring (bicyclic) bond motifs is 6. The zero-order valence-corrected chi connectivity index (χ0v) is 44.6. The third-order valence-electron chi connectivity index (χ3n) is 16.0. The minimum atomic E-state index is -1.02. The Morgan fingerprint density at radius 1 is 0.526 bits per heavy atom. The van der Waals surface area contributed by atoms with Gasteiger partial charge in [0.2, 0.25) is 0 Å². The molecule has 2 atom stereocenters. The van der Waals surface area contributed by atoms with Crippen LogP contribution >= 0.6 is 0 Å². The lowest BCUT2D eigenvalue weighted by molar-refractivity contribution is 0.0547. The van der Waals surface area contributed by atoms with Gasteiger partial charge >= 0.3 is 0 Å². The van der Waals surface area contributed by atoms with Crippen molar-refractivity contribution in [3.8, 4) is 22.3 Å². The average Bonchev–Trinajstić information content (AvgIpc) is 4.14. The SMILES string of the molecule is Cc1coc(C)c1-c1cnc2c3ccc(C(C)(C)O)cc3n(C(c3ccccc3F)C3CCOCC3)c2c1.Cc1coc(C)c1-c1cnc2c3ccc(C(C)(C)O)cc3n(C(c3ccccc3F)C3CCOCC3)c2c1. The van der Waals surface area contributed by atoms with E-state index >= 15 is 8.78 Å². The summed E-state index contributed by atoms with van der Waals surface area (Å²) in [6.07, 6.45) is 10.7. The number of aryl methyl sites for hydroxylation is 4. The maximum Gasteiger partial charge on any atom is 0.128 e. The quantitative estimate of drug-likeness (QED) is 0.139. The van der Waals surface area contributed by atoms with Crippen LogP contribution in [0.15, 0.2) is 131 Å². The number of aromatic nitrogens is 4. The van der Waals surface area contributed by atoms with E-state index in [1.54, 1.807) is 64.5 Å². The number of furan rings is 2. The van der Waals surface area contributed by atoms with Crippen LogP contribution < -0.4 is 0 Å². The first-order chi connectivity index (χ1) is 36.5. The Bertz CT molecular complexity index is 3480. The Morgan fingerprint density at radius 3 is 1.25 bits per heavy atom. The van der Waals surface area contributed by atoms with Gasteiger partial charge in [-0.2, -0.15) is 0 Å². The van der Waals surface area contributed by atoms with Crippen LogP contribution in [-0.2, 0) is 20.7 Å². The number of benzene rings is 4. The van der Waals surface area contributed by atoms with Crippen molar-refractivity contribution in [3.05, 3.63) is 179 Å². The molecule has 0 spiro atoms. The van der Waals surface area contributed by atoms with Crippen molar-refractivity contribution < 1.29 is 37.3 Å². The molecule has 12 rings (SSSR count). The maximum absolute atomic E-state index is 15.6. The largest absolute Gasteiger partial charge is 0.469 e. The van der Waals surface area contributed by atoms with Crippen molar-refractivity contribution in [1.82, 2.24) is 19.1 Å². The molecule has 10 aromatic rings. The minimum Gasteiger partial charge on any atom is -0.469 e. The van der Waals surface area contributed by atoms with Gasteiger partial charge in [-0.3, -0.25) is 9.97 Å². The van der Waals surface area contributed by atoms with Crippen molar-refractivity contribution in [2.45, 2.75) is 104 Å². The lowest BCUT2D eigenvalue weighted by atomic mass is 9.86. The molecule has 2 saturated heterocycles. The number of hydrogen-bond acceptors (Lipinski definition) is 8. The average molecular weight is 1030 g/mol. The third kappa shape index (κ3) is 9.33. The highest BCUT2D eigenvalue weighted by atomic mass is 19.1. The molecule has 12 heteroatoms. The lowest BCUT2D eigenvalue weighted by Crippen LogP contribution is -2.27. The molecule has 0 amide bonds. The molecule has 392 valence electrons. The Morgan fingerprint density at radius 2 is 0.908 bits per heavy atom. The molecule has 2 N–H and O–H groups in total. The maximum atomic E-state index is 15.6. The van der Waals surface area contributed by atoms with E-state index in [4.69, 9.17) is 28.3 Å². The number of hydrogen-bond donors (Lipinski definition) is 2. The summed E-state index contributed by atoms with van der Waals surface area (Å²) in [6.45, 7) is 17.7. The summed E-state index contributed by atoms with van der Waals surface area (Å²) in [5.74, 6) is 1.58. The topological polar surface area (TPSA) is 121 Å². The number of pyridine rings is 2. The van der Waals surface area contributed by atoms with Gasteiger partial charge in [-0.15, -0.1) is 0 Å². The molecule has 10 nitrogen and oxygen atoms in total. The fraction of sp³-hybridized carbons (Fsp3) is 0.344. The van der Waals surface area contributed by atoms with Crippen molar-refractivity contribution in [2.24, 2.45) is 11.8 Å². The van der Waals surface area contributed by atoms with Gasteiger partial charge in [-0.25, -0.2) is 8.78 Å². The number of halogens is 2. The molecule has 6 aromatic heterocycles. The summed E-state index contributed by atoms with van der Waals surface area (Å²) in [5, 5.41) is 23.7. The van der Waals surface area contributed by atoms with Crippen molar-refractivity contribution in [3.63, 3.8) is 0 Å². The number of nitrogens with zero attached hydrogens (tertiary/aromatic N) is 4. The molecule has 2 unspecified atom stereocenters. The van der Waals surface area contributed by atoms with Gasteiger partial charge in [0, 0.05) is 83.0 Å². The van der Waals surface area contributed by atoms with Crippen LogP contribution in [0, 0.1) is 51.2 Å². The number of aliphatic hydroxyl groups is 2. The molecule has 2 aliphatic rings. The first kappa shape index (κ1) is 51.2. The highest BCUT2D eigenvalue weighted by molar-refractivity contribution is 6.08. The molecule has 0 radical (unpaired) electrons. The van der Waals surface area contributed by atoms with Crippen molar-refractivity contribution in [2.75, 3.05) is 26.4 Å². The molecular formula is C64H66F2N4O6. The minimum absolute atomic E-state index is 0.172. The second kappa shape index (κ2) is 20.2. The summed E-state index contributed by atoms with van der Waals surface area (Å²) < 4.78 is 58.4. The zero-order chi connectivity index (χ0) is 53.2. The van der Waals surface area contributed by atoms with Gasteiger partial charge in [0.1, 0.15) is 23.2 Å². The monoisotopic (exact) mass is 1020 g/mol. The molecule has 8 heterocycles. The van der Waals surface area contributed by atoms with E-state index in [0.29, 0.717) is 37.6 Å². The van der Waals surface area contributed by atoms with E-state index in [2.05, 4.69) is 21.3 Å². The van der Waals surface area contributed by atoms with E-state index < -0.39 is 11.2 Å². The summed E-state index contributed by atoms with van der Waals surface area (Å²) >= 11 is 0. The van der Waals surface area contributed by atoms with E-state index in [1.165, 1.54) is 0 Å². The van der Waals surface area contributed by atoms with Crippen molar-refractivity contribution in [1.29, 1.82) is 0 Å². The van der Waals surface area contributed by atoms with Gasteiger partial charge in [-0.05, 0) is 152 Å². The fourth-order valence-electron chi connectivity index (χ4n) is 12.2. The molecule has 0 bridgehead atoms. The van der Waals surface area contributed by atoms with E-state index in [9.17, 15) is 10.2 Å². The van der Waals surface area contributed by atoms with Crippen LogP contribution in [0.3, 0.4) is 0 Å². The highest BCUT2D eigenvalue weighted by Gasteiger charge is 2.35. The molecule has 2 aliphatic heterocycles. The van der Waals surface area contributed by atoms with Gasteiger partial charge in [0.25, 0.3) is 0 Å². The summed E-state index contributed by atoms with van der Waals surface area (Å²) in [7, 11) is 0. The third-order valence-corrected chi connectivity index (χ3v) is 16.0. The summed E-state index contributed by atoms with van der Waals surface area (Å²) in [6, 6.07) is 30.0. The second-order valence-electron chi connectivity index (χ2n) is 22.0. The van der Waals surface area contributed by atoms with Crippen LogP contribution in [-0.4, -0.2) is 55.7 Å². The first-order valence-corrected chi connectivity index (χ1v) is 26.6.